The first kappa shape index (κ1) is 11.8. The molecule has 1 aromatic heterocycles. The summed E-state index contributed by atoms with van der Waals surface area (Å²) in [6, 6.07) is 3.98. The van der Waals surface area contributed by atoms with E-state index in [-0.39, 0.29) is 0 Å². The van der Waals surface area contributed by atoms with Crippen LogP contribution in [-0.2, 0) is 0 Å². The Morgan fingerprint density at radius 2 is 2.12 bits per heavy atom. The molecule has 0 aliphatic heterocycles. The Kier molecular flexibility index (Phi) is 3.52. The van der Waals surface area contributed by atoms with Gasteiger partial charge in [-0.25, -0.2) is 0 Å². The molecule has 0 aliphatic rings. The molecule has 0 spiro atoms. The summed E-state index contributed by atoms with van der Waals surface area (Å²) in [6.07, 6.45) is 4.17. The van der Waals surface area contributed by atoms with Crippen LogP contribution in [-0.4, -0.2) is 16.7 Å². The molecule has 1 aromatic carbocycles. The van der Waals surface area contributed by atoms with E-state index in [0.717, 1.165) is 28.8 Å². The van der Waals surface area contributed by atoms with Gasteiger partial charge < -0.3 is 11.1 Å². The first-order valence-electron chi connectivity index (χ1n) is 6.21. The van der Waals surface area contributed by atoms with Gasteiger partial charge >= 0.3 is 0 Å². The van der Waals surface area contributed by atoms with Crippen molar-refractivity contribution < 1.29 is 0 Å². The smallest absolute Gasteiger partial charge is 0.0672 e. The zero-order valence-corrected chi connectivity index (χ0v) is 10.5. The summed E-state index contributed by atoms with van der Waals surface area (Å²) in [5.74, 6) is 0.701. The van der Waals surface area contributed by atoms with Gasteiger partial charge in [-0.2, -0.15) is 5.10 Å². The minimum Gasteiger partial charge on any atom is -0.397 e. The number of nitrogens with one attached hydrogen (secondary N) is 2. The third kappa shape index (κ3) is 2.52. The molecule has 0 amide bonds. The molecule has 0 aliphatic carbocycles. The van der Waals surface area contributed by atoms with Crippen LogP contribution in [0.15, 0.2) is 18.3 Å². The normalized spacial score (nSPS) is 11.2. The number of nitrogens with zero attached hydrogens (tertiary/aromatic N) is 1. The maximum atomic E-state index is 6.01. The van der Waals surface area contributed by atoms with Crippen LogP contribution in [0, 0.1) is 5.92 Å². The van der Waals surface area contributed by atoms with Gasteiger partial charge in [-0.05, 0) is 18.1 Å². The highest BCUT2D eigenvalue weighted by molar-refractivity contribution is 5.88. The number of hydrogen-bond donors (Lipinski definition) is 3. The van der Waals surface area contributed by atoms with Crippen molar-refractivity contribution in [1.29, 1.82) is 0 Å². The van der Waals surface area contributed by atoms with Crippen LogP contribution >= 0.6 is 0 Å². The molecule has 2 rings (SSSR count). The second kappa shape index (κ2) is 5.08. The van der Waals surface area contributed by atoms with Gasteiger partial charge in [-0.1, -0.05) is 26.7 Å². The lowest BCUT2D eigenvalue weighted by atomic mass is 10.0. The molecular formula is C13H20N4. The third-order valence-corrected chi connectivity index (χ3v) is 3.35. The van der Waals surface area contributed by atoms with Crippen LogP contribution in [0.3, 0.4) is 0 Å². The van der Waals surface area contributed by atoms with E-state index in [9.17, 15) is 0 Å². The highest BCUT2D eigenvalue weighted by Gasteiger charge is 2.06. The quantitative estimate of drug-likeness (QED) is 0.694. The number of aromatic amines is 1. The van der Waals surface area contributed by atoms with Gasteiger partial charge in [0.1, 0.15) is 0 Å². The van der Waals surface area contributed by atoms with Crippen molar-refractivity contribution in [3.8, 4) is 0 Å². The molecule has 92 valence electrons. The Labute approximate surface area is 102 Å². The number of anilines is 2. The first-order chi connectivity index (χ1) is 8.24. The lowest BCUT2D eigenvalue weighted by molar-refractivity contribution is 0.519. The predicted molar refractivity (Wildman–Crippen MR) is 73.1 cm³/mol. The summed E-state index contributed by atoms with van der Waals surface area (Å²) in [6.45, 7) is 5.41. The fraction of sp³-hybridized carbons (Fsp3) is 0.462. The Hall–Kier alpha value is -1.71. The standard InChI is InChI=1S/C13H20N4/c1-3-9(4-2)7-15-13-6-12-10(5-11(13)14)8-16-17-12/h5-6,8-9,15H,3-4,7,14H2,1-2H3,(H,16,17). The van der Waals surface area contributed by atoms with E-state index in [2.05, 4.69) is 29.4 Å². The predicted octanol–water partition coefficient (Wildman–Crippen LogP) is 2.99. The summed E-state index contributed by atoms with van der Waals surface area (Å²) in [5.41, 5.74) is 8.81. The highest BCUT2D eigenvalue weighted by atomic mass is 15.1. The van der Waals surface area contributed by atoms with Crippen LogP contribution in [0.25, 0.3) is 10.9 Å². The number of aromatic nitrogens is 2. The number of fused-ring (bicyclic) bond motifs is 1. The largest absolute Gasteiger partial charge is 0.397 e. The summed E-state index contributed by atoms with van der Waals surface area (Å²) in [5, 5.41) is 11.4. The lowest BCUT2D eigenvalue weighted by Crippen LogP contribution is -2.13. The molecule has 0 saturated carbocycles. The maximum absolute atomic E-state index is 6.01. The summed E-state index contributed by atoms with van der Waals surface area (Å²) >= 11 is 0. The van der Waals surface area contributed by atoms with Crippen LogP contribution < -0.4 is 11.1 Å². The average molecular weight is 232 g/mol. The molecule has 2 aromatic rings. The summed E-state index contributed by atoms with van der Waals surface area (Å²) in [7, 11) is 0. The van der Waals surface area contributed by atoms with E-state index in [0.29, 0.717) is 5.92 Å². The highest BCUT2D eigenvalue weighted by Crippen LogP contribution is 2.25. The Morgan fingerprint density at radius 1 is 1.35 bits per heavy atom. The van der Waals surface area contributed by atoms with Crippen LogP contribution in [0.4, 0.5) is 11.4 Å². The van der Waals surface area contributed by atoms with Crippen molar-refractivity contribution in [1.82, 2.24) is 10.2 Å². The number of H-pyrrole nitrogens is 1. The molecule has 0 bridgehead atoms. The van der Waals surface area contributed by atoms with Gasteiger partial charge in [0.2, 0.25) is 0 Å². The fourth-order valence-corrected chi connectivity index (χ4v) is 1.99. The van der Waals surface area contributed by atoms with Crippen molar-refractivity contribution in [3.05, 3.63) is 18.3 Å². The second-order valence-corrected chi connectivity index (χ2v) is 4.46. The zero-order valence-electron chi connectivity index (χ0n) is 10.5. The molecule has 4 heteroatoms. The van der Waals surface area contributed by atoms with Crippen LogP contribution in [0.2, 0.25) is 0 Å². The fourth-order valence-electron chi connectivity index (χ4n) is 1.99. The molecule has 0 fully saturated rings. The number of nitrogens with two attached hydrogens (primary N) is 1. The molecule has 4 N–H and O–H groups in total. The van der Waals surface area contributed by atoms with E-state index < -0.39 is 0 Å². The Morgan fingerprint density at radius 3 is 2.82 bits per heavy atom. The van der Waals surface area contributed by atoms with Gasteiger partial charge in [-0.3, -0.25) is 5.10 Å². The molecule has 1 heterocycles. The van der Waals surface area contributed by atoms with E-state index >= 15 is 0 Å². The molecule has 4 nitrogen and oxygen atoms in total. The van der Waals surface area contributed by atoms with Crippen LogP contribution in [0.5, 0.6) is 0 Å². The van der Waals surface area contributed by atoms with Crippen LogP contribution in [0.1, 0.15) is 26.7 Å². The minimum absolute atomic E-state index is 0.701. The first-order valence-corrected chi connectivity index (χ1v) is 6.21. The monoisotopic (exact) mass is 232 g/mol. The van der Waals surface area contributed by atoms with Crippen molar-refractivity contribution in [2.24, 2.45) is 5.92 Å². The van der Waals surface area contributed by atoms with Crippen molar-refractivity contribution in [3.63, 3.8) is 0 Å². The molecule has 0 unspecified atom stereocenters. The van der Waals surface area contributed by atoms with Gasteiger partial charge in [0.15, 0.2) is 0 Å². The second-order valence-electron chi connectivity index (χ2n) is 4.46. The van der Waals surface area contributed by atoms with Crippen molar-refractivity contribution in [2.45, 2.75) is 26.7 Å². The Bertz CT molecular complexity index is 485. The van der Waals surface area contributed by atoms with Gasteiger partial charge in [0.25, 0.3) is 0 Å². The van der Waals surface area contributed by atoms with Gasteiger partial charge in [0, 0.05) is 11.9 Å². The molecular weight excluding hydrogens is 212 g/mol. The van der Waals surface area contributed by atoms with Crippen molar-refractivity contribution >= 4 is 22.3 Å². The van der Waals surface area contributed by atoms with E-state index in [1.54, 1.807) is 6.20 Å². The maximum Gasteiger partial charge on any atom is 0.0672 e. The minimum atomic E-state index is 0.701. The number of nitrogen functional groups attached to an aromatic ring is 1. The molecule has 17 heavy (non-hydrogen) atoms. The van der Waals surface area contributed by atoms with E-state index in [1.165, 1.54) is 12.8 Å². The van der Waals surface area contributed by atoms with E-state index in [4.69, 9.17) is 5.73 Å². The summed E-state index contributed by atoms with van der Waals surface area (Å²) in [4.78, 5) is 0. The van der Waals surface area contributed by atoms with Crippen molar-refractivity contribution in [2.75, 3.05) is 17.6 Å². The molecule has 0 atom stereocenters. The number of benzene rings is 1. The average Bonchev–Trinajstić information content (AvgIpc) is 2.77. The molecule has 0 radical (unpaired) electrons. The summed E-state index contributed by atoms with van der Waals surface area (Å²) < 4.78 is 0. The van der Waals surface area contributed by atoms with Gasteiger partial charge in [0.05, 0.1) is 23.1 Å². The molecule has 0 saturated heterocycles. The third-order valence-electron chi connectivity index (χ3n) is 3.35. The number of hydrogen-bond acceptors (Lipinski definition) is 3. The topological polar surface area (TPSA) is 66.7 Å². The van der Waals surface area contributed by atoms with Gasteiger partial charge in [-0.15, -0.1) is 0 Å². The number of rotatable bonds is 5. The van der Waals surface area contributed by atoms with E-state index in [1.807, 2.05) is 12.1 Å². The SMILES string of the molecule is CCC(CC)CNc1cc2[nH]ncc2cc1N. The zero-order chi connectivity index (χ0) is 12.3. The lowest BCUT2D eigenvalue weighted by Gasteiger charge is -2.15. The Balaban J connectivity index is 2.14.